The van der Waals surface area contributed by atoms with Crippen molar-refractivity contribution in [2.24, 2.45) is 23.7 Å². The zero-order valence-electron chi connectivity index (χ0n) is 27.9. The molecule has 13 heteroatoms. The summed E-state index contributed by atoms with van der Waals surface area (Å²) in [6.45, 7) is 6.33. The summed E-state index contributed by atoms with van der Waals surface area (Å²) in [6.07, 6.45) is 5.52. The molecule has 5 fully saturated rings. The first-order valence-corrected chi connectivity index (χ1v) is 17.5. The Balaban J connectivity index is 0.883. The van der Waals surface area contributed by atoms with Gasteiger partial charge in [-0.15, -0.1) is 0 Å². The standard InChI is InChI=1S/C36H42ClFN4O7/c1-20-8-11-26-21(2)33(46-34-36(26)25(20)14-15-35(3,47-34)48-49-36)42-30(43)6-4-5-7-31(44)45-18-22-9-13-29-24(16-22)32(40-19-39-29)41-23-10-12-28(38)27(37)17-23/h9-10,12-13,16-17,19-21,25-26,33-34H,4-8,11,14-15,18H2,1-3H3,(H,42,43)(H,39,40,41)/t20-,21-,25+,26+,33-,34-,35-,36-/m1/s1. The molecule has 11 nitrogen and oxygen atoms in total. The predicted octanol–water partition coefficient (Wildman–Crippen LogP) is 7.09. The number of anilines is 2. The van der Waals surface area contributed by atoms with Gasteiger partial charge in [0.05, 0.1) is 10.5 Å². The summed E-state index contributed by atoms with van der Waals surface area (Å²) < 4.78 is 32.0. The van der Waals surface area contributed by atoms with Crippen molar-refractivity contribution in [3.63, 3.8) is 0 Å². The van der Waals surface area contributed by atoms with Gasteiger partial charge in [-0.25, -0.2) is 24.1 Å². The van der Waals surface area contributed by atoms with Crippen LogP contribution in [-0.2, 0) is 40.2 Å². The van der Waals surface area contributed by atoms with Gasteiger partial charge in [0.15, 0.2) is 11.9 Å². The molecule has 0 radical (unpaired) electrons. The van der Waals surface area contributed by atoms with Gasteiger partial charge in [0.1, 0.15) is 30.8 Å². The first-order valence-electron chi connectivity index (χ1n) is 17.2. The second-order valence-electron chi connectivity index (χ2n) is 14.1. The molecule has 4 aliphatic heterocycles. The fourth-order valence-corrected chi connectivity index (χ4v) is 8.28. The highest BCUT2D eigenvalue weighted by Crippen LogP contribution is 2.60. The molecular weight excluding hydrogens is 655 g/mol. The minimum atomic E-state index is -0.870. The minimum absolute atomic E-state index is 0.00359. The number of amides is 1. The molecular formula is C36H42ClFN4O7. The lowest BCUT2D eigenvalue weighted by Crippen LogP contribution is -2.71. The van der Waals surface area contributed by atoms with Gasteiger partial charge in [0.2, 0.25) is 11.7 Å². The van der Waals surface area contributed by atoms with E-state index in [2.05, 4.69) is 34.4 Å². The zero-order chi connectivity index (χ0) is 34.3. The molecule has 1 saturated carbocycles. The van der Waals surface area contributed by atoms with Crippen LogP contribution in [0, 0.1) is 29.5 Å². The number of unbranched alkanes of at least 4 members (excludes halogenated alkanes) is 1. The summed E-state index contributed by atoms with van der Waals surface area (Å²) in [5.41, 5.74) is 1.35. The van der Waals surface area contributed by atoms with Gasteiger partial charge >= 0.3 is 5.97 Å². The lowest BCUT2D eigenvalue weighted by molar-refractivity contribution is -0.571. The first kappa shape index (κ1) is 34.0. The lowest BCUT2D eigenvalue weighted by atomic mass is 9.58. The van der Waals surface area contributed by atoms with E-state index in [0.29, 0.717) is 41.2 Å². The number of ether oxygens (including phenoxy) is 3. The lowest BCUT2D eigenvalue weighted by Gasteiger charge is -2.60. The van der Waals surface area contributed by atoms with Crippen molar-refractivity contribution in [2.75, 3.05) is 5.32 Å². The van der Waals surface area contributed by atoms with Crippen molar-refractivity contribution in [2.45, 2.75) is 103 Å². The Kier molecular flexibility index (Phi) is 9.53. The van der Waals surface area contributed by atoms with Crippen molar-refractivity contribution in [1.82, 2.24) is 15.3 Å². The quantitative estimate of drug-likeness (QED) is 0.129. The average Bonchev–Trinajstić information content (AvgIpc) is 3.32. The van der Waals surface area contributed by atoms with E-state index in [0.717, 1.165) is 31.2 Å². The molecule has 8 atom stereocenters. The summed E-state index contributed by atoms with van der Waals surface area (Å²) in [4.78, 5) is 46.3. The van der Waals surface area contributed by atoms with Crippen molar-refractivity contribution in [1.29, 1.82) is 0 Å². The fourth-order valence-electron chi connectivity index (χ4n) is 8.10. The van der Waals surface area contributed by atoms with E-state index in [1.165, 1.54) is 18.5 Å². The number of rotatable bonds is 10. The number of hydrogen-bond acceptors (Lipinski definition) is 10. The van der Waals surface area contributed by atoms with Crippen LogP contribution in [0.5, 0.6) is 0 Å². The normalized spacial score (nSPS) is 31.9. The smallest absolute Gasteiger partial charge is 0.306 e. The van der Waals surface area contributed by atoms with Crippen LogP contribution in [0.3, 0.4) is 0 Å². The van der Waals surface area contributed by atoms with Crippen molar-refractivity contribution < 1.29 is 38.0 Å². The van der Waals surface area contributed by atoms with Crippen LogP contribution < -0.4 is 10.6 Å². The number of nitrogens with one attached hydrogen (secondary N) is 2. The summed E-state index contributed by atoms with van der Waals surface area (Å²) in [7, 11) is 0. The Morgan fingerprint density at radius 2 is 1.88 bits per heavy atom. The summed E-state index contributed by atoms with van der Waals surface area (Å²) in [5.74, 6) is -0.491. The fraction of sp³-hybridized carbons (Fsp3) is 0.556. The third-order valence-electron chi connectivity index (χ3n) is 10.8. The molecule has 49 heavy (non-hydrogen) atoms. The molecule has 2 bridgehead atoms. The van der Waals surface area contributed by atoms with Gasteiger partial charge in [-0.05, 0) is 86.8 Å². The minimum Gasteiger partial charge on any atom is -0.461 e. The molecule has 1 aromatic heterocycles. The highest BCUT2D eigenvalue weighted by Gasteiger charge is 2.69. The Morgan fingerprint density at radius 1 is 1.04 bits per heavy atom. The monoisotopic (exact) mass is 696 g/mol. The van der Waals surface area contributed by atoms with Crippen LogP contribution in [0.15, 0.2) is 42.7 Å². The van der Waals surface area contributed by atoms with Crippen molar-refractivity contribution in [3.05, 3.63) is 59.1 Å². The molecule has 3 aromatic rings. The molecule has 1 amide bonds. The highest BCUT2D eigenvalue weighted by molar-refractivity contribution is 6.31. The van der Waals surface area contributed by atoms with Crippen LogP contribution in [0.4, 0.5) is 15.9 Å². The number of esters is 1. The Hall–Kier alpha value is -3.42. The van der Waals surface area contributed by atoms with E-state index in [9.17, 15) is 14.0 Å². The Bertz CT molecular complexity index is 1730. The number of carbonyl (C=O) groups is 2. The van der Waals surface area contributed by atoms with E-state index in [1.54, 1.807) is 6.07 Å². The van der Waals surface area contributed by atoms with E-state index in [-0.39, 0.29) is 54.1 Å². The van der Waals surface area contributed by atoms with Crippen molar-refractivity contribution >= 4 is 45.9 Å². The third kappa shape index (κ3) is 6.73. The molecule has 5 aliphatic rings. The maximum Gasteiger partial charge on any atom is 0.306 e. The van der Waals surface area contributed by atoms with E-state index >= 15 is 0 Å². The van der Waals surface area contributed by atoms with Gasteiger partial charge in [-0.2, -0.15) is 0 Å². The number of nitrogens with zero attached hydrogens (tertiary/aromatic N) is 2. The highest BCUT2D eigenvalue weighted by atomic mass is 35.5. The predicted molar refractivity (Wildman–Crippen MR) is 177 cm³/mol. The number of fused-ring (bicyclic) bond motifs is 3. The Labute approximate surface area is 289 Å². The van der Waals surface area contributed by atoms with Crippen molar-refractivity contribution in [3.8, 4) is 0 Å². The molecule has 1 spiro atoms. The van der Waals surface area contributed by atoms with E-state index in [1.807, 2.05) is 25.1 Å². The zero-order valence-corrected chi connectivity index (χ0v) is 28.6. The molecule has 2 aromatic carbocycles. The summed E-state index contributed by atoms with van der Waals surface area (Å²) in [5, 5.41) is 6.94. The average molecular weight is 697 g/mol. The van der Waals surface area contributed by atoms with Gasteiger partial charge in [-0.3, -0.25) is 9.59 Å². The summed E-state index contributed by atoms with van der Waals surface area (Å²) >= 11 is 5.93. The van der Waals surface area contributed by atoms with Gasteiger partial charge in [-0.1, -0.05) is 31.5 Å². The number of carbonyl (C=O) groups excluding carboxylic acids is 2. The van der Waals surface area contributed by atoms with Gasteiger partial charge in [0, 0.05) is 42.2 Å². The van der Waals surface area contributed by atoms with Crippen LogP contribution in [-0.4, -0.2) is 45.8 Å². The number of aromatic nitrogens is 2. The van der Waals surface area contributed by atoms with Gasteiger partial charge in [0.25, 0.3) is 0 Å². The molecule has 0 unspecified atom stereocenters. The van der Waals surface area contributed by atoms with E-state index in [4.69, 9.17) is 35.6 Å². The molecule has 2 N–H and O–H groups in total. The number of hydrogen-bond donors (Lipinski definition) is 2. The Morgan fingerprint density at radius 3 is 2.71 bits per heavy atom. The molecule has 262 valence electrons. The van der Waals surface area contributed by atoms with E-state index < -0.39 is 29.7 Å². The number of benzene rings is 2. The molecule has 4 saturated heterocycles. The molecule has 8 rings (SSSR count). The maximum atomic E-state index is 13.6. The SMILES string of the molecule is C[C@H]1[C@H](NC(=O)CCCCC(=O)OCc2ccc3ncnc(Nc4ccc(F)c(Cl)c4)c3c2)O[C@@H]2O[C@@]3(C)CC[C@H]4[C@H](C)CC[C@@H]1[C@@]24OO3. The molecule has 5 heterocycles. The van der Waals surface area contributed by atoms with Crippen LogP contribution in [0.1, 0.15) is 77.7 Å². The molecule has 1 aliphatic carbocycles. The topological polar surface area (TPSA) is 130 Å². The van der Waals surface area contributed by atoms with Crippen LogP contribution in [0.2, 0.25) is 5.02 Å². The first-order chi connectivity index (χ1) is 23.5. The number of halogens is 2. The second-order valence-corrected chi connectivity index (χ2v) is 14.5. The largest absolute Gasteiger partial charge is 0.461 e. The second kappa shape index (κ2) is 13.7. The third-order valence-corrected chi connectivity index (χ3v) is 11.1. The van der Waals surface area contributed by atoms with Gasteiger partial charge < -0.3 is 24.8 Å². The van der Waals surface area contributed by atoms with Crippen LogP contribution in [0.25, 0.3) is 10.9 Å². The van der Waals surface area contributed by atoms with Crippen LogP contribution >= 0.6 is 11.6 Å². The maximum absolute atomic E-state index is 13.6. The summed E-state index contributed by atoms with van der Waals surface area (Å²) in [6, 6.07) is 9.81.